The van der Waals surface area contributed by atoms with Gasteiger partial charge in [-0.3, -0.25) is 4.99 Å². The maximum Gasteiger partial charge on any atom is 0.156 e. The van der Waals surface area contributed by atoms with E-state index in [0.717, 1.165) is 24.7 Å². The number of rotatable bonds is 7. The summed E-state index contributed by atoms with van der Waals surface area (Å²) in [6.07, 6.45) is 4.73. The van der Waals surface area contributed by atoms with Crippen LogP contribution in [0.25, 0.3) is 0 Å². The van der Waals surface area contributed by atoms with Crippen LogP contribution in [-0.4, -0.2) is 37.2 Å². The van der Waals surface area contributed by atoms with E-state index in [4.69, 9.17) is 4.74 Å². The molecule has 0 spiro atoms. The van der Waals surface area contributed by atoms with Crippen LogP contribution < -0.4 is 5.32 Å². The number of unbranched alkanes of at least 4 members (excludes halogenated alkanes) is 2. The predicted octanol–water partition coefficient (Wildman–Crippen LogP) is 2.27. The van der Waals surface area contributed by atoms with Crippen molar-refractivity contribution in [2.24, 2.45) is 4.99 Å². The Hall–Kier alpha value is -0.220. The first kappa shape index (κ1) is 12.8. The number of thioether (sulfide) groups is 1. The molecule has 1 unspecified atom stereocenters. The summed E-state index contributed by atoms with van der Waals surface area (Å²) >= 11 is 1.86. The number of aliphatic imine (C=N–C) groups is 1. The molecule has 0 aromatic rings. The molecule has 0 radical (unpaired) electrons. The fourth-order valence-corrected chi connectivity index (χ4v) is 2.57. The van der Waals surface area contributed by atoms with E-state index in [1.54, 1.807) is 7.11 Å². The van der Waals surface area contributed by atoms with Crippen molar-refractivity contribution in [3.05, 3.63) is 0 Å². The Morgan fingerprint density at radius 2 is 2.33 bits per heavy atom. The van der Waals surface area contributed by atoms with Crippen LogP contribution >= 0.6 is 11.8 Å². The Morgan fingerprint density at radius 3 is 3.00 bits per heavy atom. The molecule has 88 valence electrons. The summed E-state index contributed by atoms with van der Waals surface area (Å²) in [6, 6.07) is 0.641. The highest BCUT2D eigenvalue weighted by Gasteiger charge is 2.17. The van der Waals surface area contributed by atoms with Crippen LogP contribution in [0.5, 0.6) is 0 Å². The molecule has 1 fully saturated rings. The lowest BCUT2D eigenvalue weighted by Crippen LogP contribution is -2.25. The zero-order valence-electron chi connectivity index (χ0n) is 9.79. The van der Waals surface area contributed by atoms with Gasteiger partial charge in [0.2, 0.25) is 0 Å². The zero-order valence-corrected chi connectivity index (χ0v) is 10.6. The average molecular weight is 230 g/mol. The average Bonchev–Trinajstić information content (AvgIpc) is 2.71. The second kappa shape index (κ2) is 7.99. The molecule has 0 aliphatic carbocycles. The van der Waals surface area contributed by atoms with E-state index in [0.29, 0.717) is 6.04 Å². The van der Waals surface area contributed by atoms with Gasteiger partial charge in [-0.05, 0) is 25.7 Å². The second-order valence-corrected chi connectivity index (χ2v) is 4.81. The highest BCUT2D eigenvalue weighted by molar-refractivity contribution is 8.14. The van der Waals surface area contributed by atoms with Gasteiger partial charge in [0.05, 0.1) is 0 Å². The quantitative estimate of drug-likeness (QED) is 0.681. The van der Waals surface area contributed by atoms with E-state index >= 15 is 0 Å². The first-order valence-corrected chi connectivity index (χ1v) is 6.78. The smallest absolute Gasteiger partial charge is 0.156 e. The molecule has 1 rings (SSSR count). The summed E-state index contributed by atoms with van der Waals surface area (Å²) < 4.78 is 5.00. The van der Waals surface area contributed by atoms with Crippen LogP contribution in [0.2, 0.25) is 0 Å². The summed E-state index contributed by atoms with van der Waals surface area (Å²) in [7, 11) is 1.75. The van der Waals surface area contributed by atoms with E-state index in [1.807, 2.05) is 11.8 Å². The molecule has 1 atom stereocenters. The monoisotopic (exact) mass is 230 g/mol. The van der Waals surface area contributed by atoms with E-state index in [2.05, 4.69) is 17.2 Å². The number of hydrogen-bond donors (Lipinski definition) is 1. The third-order valence-corrected chi connectivity index (χ3v) is 3.59. The molecule has 15 heavy (non-hydrogen) atoms. The van der Waals surface area contributed by atoms with Crippen LogP contribution in [-0.2, 0) is 4.74 Å². The van der Waals surface area contributed by atoms with Gasteiger partial charge >= 0.3 is 0 Å². The fraction of sp³-hybridized carbons (Fsp3) is 0.909. The molecule has 0 saturated carbocycles. The Kier molecular flexibility index (Phi) is 6.85. The maximum atomic E-state index is 5.00. The second-order valence-electron chi connectivity index (χ2n) is 3.80. The zero-order chi connectivity index (χ0) is 10.9. The molecule has 3 nitrogen and oxygen atoms in total. The normalized spacial score (nSPS) is 23.3. The molecular formula is C11H22N2OS. The highest BCUT2D eigenvalue weighted by Crippen LogP contribution is 2.15. The van der Waals surface area contributed by atoms with Gasteiger partial charge in [-0.15, -0.1) is 0 Å². The lowest BCUT2D eigenvalue weighted by molar-refractivity contribution is 0.192. The molecule has 1 aliphatic heterocycles. The Balaban J connectivity index is 2.01. The van der Waals surface area contributed by atoms with Crippen molar-refractivity contribution in [3.8, 4) is 0 Å². The maximum absolute atomic E-state index is 5.00. The molecule has 4 heteroatoms. The van der Waals surface area contributed by atoms with Crippen molar-refractivity contribution in [2.45, 2.75) is 38.6 Å². The van der Waals surface area contributed by atoms with Crippen LogP contribution in [0.4, 0.5) is 0 Å². The summed E-state index contributed by atoms with van der Waals surface area (Å²) in [5, 5.41) is 4.58. The summed E-state index contributed by atoms with van der Waals surface area (Å²) in [6.45, 7) is 4.04. The Morgan fingerprint density at radius 1 is 1.47 bits per heavy atom. The topological polar surface area (TPSA) is 33.6 Å². The molecule has 0 aromatic carbocycles. The molecule has 1 heterocycles. The number of ether oxygens (including phenoxy) is 1. The SMILES string of the molecule is CCC1CSC(=NCCCCCOC)N1. The molecule has 0 bridgehead atoms. The van der Waals surface area contributed by atoms with Crippen molar-refractivity contribution in [2.75, 3.05) is 26.0 Å². The molecule has 1 N–H and O–H groups in total. The third kappa shape index (κ3) is 5.42. The van der Waals surface area contributed by atoms with Gasteiger partial charge in [-0.1, -0.05) is 18.7 Å². The van der Waals surface area contributed by atoms with Gasteiger partial charge < -0.3 is 10.1 Å². The van der Waals surface area contributed by atoms with Gasteiger partial charge in [-0.2, -0.15) is 0 Å². The van der Waals surface area contributed by atoms with E-state index < -0.39 is 0 Å². The van der Waals surface area contributed by atoms with E-state index in [1.165, 1.54) is 25.0 Å². The number of nitrogens with zero attached hydrogens (tertiary/aromatic N) is 1. The van der Waals surface area contributed by atoms with Gasteiger partial charge in [0, 0.05) is 32.1 Å². The summed E-state index contributed by atoms with van der Waals surface area (Å²) in [5.41, 5.74) is 0. The minimum absolute atomic E-state index is 0.641. The Bertz CT molecular complexity index is 197. The van der Waals surface area contributed by atoms with Crippen LogP contribution in [0, 0.1) is 0 Å². The molecule has 1 saturated heterocycles. The van der Waals surface area contributed by atoms with Gasteiger partial charge in [0.1, 0.15) is 0 Å². The minimum atomic E-state index is 0.641. The first-order valence-electron chi connectivity index (χ1n) is 5.79. The molecule has 1 aliphatic rings. The van der Waals surface area contributed by atoms with Gasteiger partial charge in [0.25, 0.3) is 0 Å². The van der Waals surface area contributed by atoms with Crippen molar-refractivity contribution < 1.29 is 4.74 Å². The Labute approximate surface area is 97.1 Å². The van der Waals surface area contributed by atoms with Crippen molar-refractivity contribution in [1.82, 2.24) is 5.32 Å². The lowest BCUT2D eigenvalue weighted by Gasteiger charge is -2.04. The molecular weight excluding hydrogens is 208 g/mol. The van der Waals surface area contributed by atoms with Crippen LogP contribution in [0.15, 0.2) is 4.99 Å². The van der Waals surface area contributed by atoms with Crippen molar-refractivity contribution >= 4 is 16.9 Å². The lowest BCUT2D eigenvalue weighted by atomic mass is 10.2. The van der Waals surface area contributed by atoms with Crippen LogP contribution in [0.1, 0.15) is 32.6 Å². The van der Waals surface area contributed by atoms with Gasteiger partial charge in [0.15, 0.2) is 5.17 Å². The van der Waals surface area contributed by atoms with Crippen molar-refractivity contribution in [1.29, 1.82) is 0 Å². The predicted molar refractivity (Wildman–Crippen MR) is 67.7 cm³/mol. The molecule has 0 amide bonds. The molecule has 0 aromatic heterocycles. The van der Waals surface area contributed by atoms with Gasteiger partial charge in [-0.25, -0.2) is 0 Å². The number of methoxy groups -OCH3 is 1. The number of amidine groups is 1. The largest absolute Gasteiger partial charge is 0.385 e. The summed E-state index contributed by atoms with van der Waals surface area (Å²) in [4.78, 5) is 4.55. The minimum Gasteiger partial charge on any atom is -0.385 e. The highest BCUT2D eigenvalue weighted by atomic mass is 32.2. The summed E-state index contributed by atoms with van der Waals surface area (Å²) in [5.74, 6) is 1.18. The number of hydrogen-bond acceptors (Lipinski definition) is 3. The van der Waals surface area contributed by atoms with E-state index in [-0.39, 0.29) is 0 Å². The standard InChI is InChI=1S/C11H22N2OS/c1-3-10-9-15-11(13-10)12-7-5-4-6-8-14-2/h10H,3-9H2,1-2H3,(H,12,13). The van der Waals surface area contributed by atoms with Crippen molar-refractivity contribution in [3.63, 3.8) is 0 Å². The van der Waals surface area contributed by atoms with E-state index in [9.17, 15) is 0 Å². The first-order chi connectivity index (χ1) is 7.36. The van der Waals surface area contributed by atoms with Crippen LogP contribution in [0.3, 0.4) is 0 Å². The number of nitrogens with one attached hydrogen (secondary N) is 1. The fourth-order valence-electron chi connectivity index (χ4n) is 1.46. The third-order valence-electron chi connectivity index (χ3n) is 2.50.